The Morgan fingerprint density at radius 2 is 1.80 bits per heavy atom. The van der Waals surface area contributed by atoms with Crippen LogP contribution in [0.25, 0.3) is 10.9 Å². The molecule has 0 aliphatic heterocycles. The van der Waals surface area contributed by atoms with Gasteiger partial charge < -0.3 is 15.2 Å². The van der Waals surface area contributed by atoms with E-state index < -0.39 is 0 Å². The van der Waals surface area contributed by atoms with E-state index in [1.807, 2.05) is 56.6 Å². The molecule has 30 heavy (non-hydrogen) atoms. The first kappa shape index (κ1) is 21.9. The van der Waals surface area contributed by atoms with Gasteiger partial charge in [0.05, 0.1) is 10.9 Å². The van der Waals surface area contributed by atoms with E-state index in [-0.39, 0.29) is 11.5 Å². The number of fused-ring (bicyclic) bond motifs is 1. The van der Waals surface area contributed by atoms with Crippen LogP contribution in [0.3, 0.4) is 0 Å². The van der Waals surface area contributed by atoms with Crippen LogP contribution < -0.4 is 10.9 Å². The average molecular weight is 425 g/mol. The molecule has 1 aromatic heterocycles. The number of carbonyl (C=O) groups is 1. The minimum Gasteiger partial charge on any atom is -0.332 e. The van der Waals surface area contributed by atoms with Crippen LogP contribution in [0, 0.1) is 4.77 Å². The predicted octanol–water partition coefficient (Wildman–Crippen LogP) is 4.32. The molecule has 2 N–H and O–H groups in total. The number of anilines is 1. The summed E-state index contributed by atoms with van der Waals surface area (Å²) in [4.78, 5) is 30.2. The van der Waals surface area contributed by atoms with Gasteiger partial charge in [-0.15, -0.1) is 0 Å². The van der Waals surface area contributed by atoms with Crippen molar-refractivity contribution in [3.63, 3.8) is 0 Å². The van der Waals surface area contributed by atoms with Crippen LogP contribution in [-0.2, 0) is 17.9 Å². The summed E-state index contributed by atoms with van der Waals surface area (Å²) in [6.07, 6.45) is 2.86. The fourth-order valence-corrected chi connectivity index (χ4v) is 3.75. The number of hydrogen-bond donors (Lipinski definition) is 2. The van der Waals surface area contributed by atoms with Gasteiger partial charge in [-0.3, -0.25) is 14.2 Å². The van der Waals surface area contributed by atoms with E-state index in [2.05, 4.69) is 15.2 Å². The highest BCUT2D eigenvalue weighted by Gasteiger charge is 2.08. The molecule has 0 saturated heterocycles. The number of aromatic amines is 1. The largest absolute Gasteiger partial charge is 0.332 e. The lowest BCUT2D eigenvalue weighted by Gasteiger charge is -2.15. The Morgan fingerprint density at radius 1 is 1.07 bits per heavy atom. The Balaban J connectivity index is 1.49. The molecule has 0 spiro atoms. The van der Waals surface area contributed by atoms with Gasteiger partial charge in [-0.1, -0.05) is 36.8 Å². The van der Waals surface area contributed by atoms with E-state index in [4.69, 9.17) is 12.2 Å². The van der Waals surface area contributed by atoms with Crippen LogP contribution in [-0.4, -0.2) is 34.5 Å². The third-order valence-electron chi connectivity index (χ3n) is 4.95. The molecule has 3 aromatic rings. The van der Waals surface area contributed by atoms with Gasteiger partial charge in [-0.25, -0.2) is 0 Å². The van der Waals surface area contributed by atoms with Gasteiger partial charge in [0.2, 0.25) is 5.91 Å². The third-order valence-corrected chi connectivity index (χ3v) is 5.28. The maximum absolute atomic E-state index is 12.6. The molecule has 0 atom stereocenters. The summed E-state index contributed by atoms with van der Waals surface area (Å²) in [6, 6.07) is 15.3. The van der Waals surface area contributed by atoms with Crippen LogP contribution in [0.1, 0.15) is 31.2 Å². The molecule has 1 heterocycles. The number of carbonyl (C=O) groups excluding carboxylic acids is 1. The molecule has 2 aromatic carbocycles. The summed E-state index contributed by atoms with van der Waals surface area (Å²) in [5.74, 6) is 0.0152. The maximum atomic E-state index is 12.6. The average Bonchev–Trinajstić information content (AvgIpc) is 2.71. The van der Waals surface area contributed by atoms with Crippen LogP contribution in [0.5, 0.6) is 0 Å². The Bertz CT molecular complexity index is 1130. The quantitative estimate of drug-likeness (QED) is 0.396. The smallest absolute Gasteiger partial charge is 0.262 e. The number of para-hydroxylation sites is 2. The highest BCUT2D eigenvalue weighted by Crippen LogP contribution is 2.17. The number of aromatic nitrogens is 2. The zero-order valence-corrected chi connectivity index (χ0v) is 18.3. The van der Waals surface area contributed by atoms with E-state index >= 15 is 0 Å². The Labute approximate surface area is 181 Å². The van der Waals surface area contributed by atoms with Crippen molar-refractivity contribution in [1.82, 2.24) is 14.5 Å². The van der Waals surface area contributed by atoms with Crippen LogP contribution in [0.2, 0.25) is 0 Å². The molecule has 0 unspecified atom stereocenters. The Morgan fingerprint density at radius 3 is 2.60 bits per heavy atom. The van der Waals surface area contributed by atoms with Gasteiger partial charge in [0.15, 0.2) is 4.77 Å². The van der Waals surface area contributed by atoms with E-state index in [0.717, 1.165) is 42.6 Å². The minimum absolute atomic E-state index is 0.0152. The summed E-state index contributed by atoms with van der Waals surface area (Å²) < 4.78 is 2.05. The number of nitrogens with zero attached hydrogens (tertiary/aromatic N) is 2. The molecule has 0 radical (unpaired) electrons. The second-order valence-electron chi connectivity index (χ2n) is 7.69. The molecule has 7 heteroatoms. The molecule has 0 aliphatic carbocycles. The summed E-state index contributed by atoms with van der Waals surface area (Å²) in [6.45, 7) is 1.32. The van der Waals surface area contributed by atoms with Gasteiger partial charge in [-0.05, 0) is 62.9 Å². The first-order valence-corrected chi connectivity index (χ1v) is 10.6. The molecule has 0 fully saturated rings. The van der Waals surface area contributed by atoms with Crippen molar-refractivity contribution < 1.29 is 4.79 Å². The van der Waals surface area contributed by atoms with Crippen molar-refractivity contribution in [2.45, 2.75) is 38.8 Å². The summed E-state index contributed by atoms with van der Waals surface area (Å²) in [7, 11) is 4.01. The zero-order chi connectivity index (χ0) is 21.5. The minimum atomic E-state index is -0.0652. The van der Waals surface area contributed by atoms with Gasteiger partial charge >= 0.3 is 0 Å². The SMILES string of the molecule is CN(C)Cc1ccccc1NC(=O)CCCCCn1c(=S)[nH]c2ccccc2c1=O. The zero-order valence-electron chi connectivity index (χ0n) is 17.5. The monoisotopic (exact) mass is 424 g/mol. The number of hydrogen-bond acceptors (Lipinski definition) is 4. The second kappa shape index (κ2) is 10.3. The van der Waals surface area contributed by atoms with Crippen molar-refractivity contribution in [3.05, 3.63) is 69.2 Å². The van der Waals surface area contributed by atoms with Crippen LogP contribution in [0.15, 0.2) is 53.3 Å². The Hall–Kier alpha value is -2.77. The van der Waals surface area contributed by atoms with Crippen LogP contribution >= 0.6 is 12.2 Å². The molecule has 158 valence electrons. The van der Waals surface area contributed by atoms with E-state index in [0.29, 0.717) is 23.1 Å². The van der Waals surface area contributed by atoms with Gasteiger partial charge in [0.25, 0.3) is 5.56 Å². The lowest BCUT2D eigenvalue weighted by atomic mass is 10.1. The van der Waals surface area contributed by atoms with Crippen molar-refractivity contribution in [2.75, 3.05) is 19.4 Å². The molecular weight excluding hydrogens is 396 g/mol. The predicted molar refractivity (Wildman–Crippen MR) is 124 cm³/mol. The second-order valence-corrected chi connectivity index (χ2v) is 8.07. The van der Waals surface area contributed by atoms with E-state index in [1.54, 1.807) is 10.6 Å². The van der Waals surface area contributed by atoms with Gasteiger partial charge in [0, 0.05) is 25.2 Å². The standard InChI is InChI=1S/C23H28N4O2S/c1-26(2)16-17-10-5-7-12-19(17)24-21(28)14-4-3-9-15-27-22(29)18-11-6-8-13-20(18)25-23(27)30/h5-8,10-13H,3-4,9,14-16H2,1-2H3,(H,24,28)(H,25,30). The number of H-pyrrole nitrogens is 1. The molecule has 1 amide bonds. The fourth-order valence-electron chi connectivity index (χ4n) is 3.47. The lowest BCUT2D eigenvalue weighted by molar-refractivity contribution is -0.116. The van der Waals surface area contributed by atoms with Crippen molar-refractivity contribution in [1.29, 1.82) is 0 Å². The number of amides is 1. The first-order valence-electron chi connectivity index (χ1n) is 10.2. The topological polar surface area (TPSA) is 70.1 Å². The highest BCUT2D eigenvalue weighted by molar-refractivity contribution is 7.71. The fraction of sp³-hybridized carbons (Fsp3) is 0.348. The molecule has 0 bridgehead atoms. The normalized spacial score (nSPS) is 11.2. The third kappa shape index (κ3) is 5.64. The molecule has 6 nitrogen and oxygen atoms in total. The maximum Gasteiger partial charge on any atom is 0.262 e. The number of nitrogens with one attached hydrogen (secondary N) is 2. The van der Waals surface area contributed by atoms with Gasteiger partial charge in [-0.2, -0.15) is 0 Å². The highest BCUT2D eigenvalue weighted by atomic mass is 32.1. The van der Waals surface area contributed by atoms with Crippen molar-refractivity contribution in [3.8, 4) is 0 Å². The molecule has 0 saturated carbocycles. The summed E-state index contributed by atoms with van der Waals surface area (Å²) in [5.41, 5.74) is 2.66. The Kier molecular flexibility index (Phi) is 7.54. The molecule has 3 rings (SSSR count). The van der Waals surface area contributed by atoms with Crippen molar-refractivity contribution >= 4 is 34.7 Å². The van der Waals surface area contributed by atoms with E-state index in [1.165, 1.54) is 0 Å². The molecule has 0 aliphatic rings. The number of unbranched alkanes of at least 4 members (excludes halogenated alkanes) is 2. The summed E-state index contributed by atoms with van der Waals surface area (Å²) >= 11 is 5.34. The molecular formula is C23H28N4O2S. The number of benzene rings is 2. The van der Waals surface area contributed by atoms with Crippen LogP contribution in [0.4, 0.5) is 5.69 Å². The lowest BCUT2D eigenvalue weighted by Crippen LogP contribution is -2.22. The first-order chi connectivity index (χ1) is 14.5. The van der Waals surface area contributed by atoms with Crippen molar-refractivity contribution in [2.24, 2.45) is 0 Å². The van der Waals surface area contributed by atoms with Gasteiger partial charge in [0.1, 0.15) is 0 Å². The summed E-state index contributed by atoms with van der Waals surface area (Å²) in [5, 5.41) is 3.66. The number of rotatable bonds is 9. The van der Waals surface area contributed by atoms with E-state index in [9.17, 15) is 9.59 Å².